The lowest BCUT2D eigenvalue weighted by molar-refractivity contribution is 0.0940. The molecule has 1 amide bonds. The van der Waals surface area contributed by atoms with E-state index in [1.807, 2.05) is 0 Å². The number of aromatic nitrogens is 2. The molecule has 0 aliphatic rings. The van der Waals surface area contributed by atoms with Crippen LogP contribution < -0.4 is 5.32 Å². The fraction of sp³-hybridized carbons (Fsp3) is 0.167. The summed E-state index contributed by atoms with van der Waals surface area (Å²) in [5.74, 6) is -4.06. The molecule has 3 N–H and O–H groups in total. The highest BCUT2D eigenvalue weighted by molar-refractivity contribution is 5.93. The molecule has 0 spiro atoms. The lowest BCUT2D eigenvalue weighted by atomic mass is 10.1. The normalized spacial score (nSPS) is 10.6. The maximum atomic E-state index is 13.5. The number of nitrogens with zero attached hydrogens (tertiary/aromatic N) is 1. The molecule has 8 heteroatoms. The molecule has 5 nitrogen and oxygen atoms in total. The van der Waals surface area contributed by atoms with Crippen LogP contribution in [0.1, 0.15) is 10.5 Å². The van der Waals surface area contributed by atoms with Crippen molar-refractivity contribution in [3.63, 3.8) is 0 Å². The first-order valence-corrected chi connectivity index (χ1v) is 5.62. The molecule has 0 bridgehead atoms. The summed E-state index contributed by atoms with van der Waals surface area (Å²) < 4.78 is 39.4. The number of amides is 1. The van der Waals surface area contributed by atoms with Crippen molar-refractivity contribution < 1.29 is 23.1 Å². The fourth-order valence-electron chi connectivity index (χ4n) is 1.56. The van der Waals surface area contributed by atoms with Gasteiger partial charge in [0.05, 0.1) is 12.3 Å². The van der Waals surface area contributed by atoms with E-state index in [1.54, 1.807) is 0 Å². The first kappa shape index (κ1) is 14.1. The lowest BCUT2D eigenvalue weighted by Crippen LogP contribution is -2.26. The number of hydrogen-bond acceptors (Lipinski definition) is 3. The number of carbonyl (C=O) groups excluding carboxylic acids is 1. The molecule has 0 radical (unpaired) electrons. The lowest BCUT2D eigenvalue weighted by Gasteiger charge is -2.00. The molecule has 106 valence electrons. The summed E-state index contributed by atoms with van der Waals surface area (Å²) in [6, 6.07) is 2.27. The Balaban J connectivity index is 2.29. The summed E-state index contributed by atoms with van der Waals surface area (Å²) in [5, 5.41) is 16.9. The molecular weight excluding hydrogens is 275 g/mol. The number of aliphatic hydroxyl groups is 1. The number of halogens is 3. The number of H-pyrrole nitrogens is 1. The Hall–Kier alpha value is -2.35. The van der Waals surface area contributed by atoms with Gasteiger partial charge in [-0.15, -0.1) is 0 Å². The minimum atomic E-state index is -1.30. The zero-order valence-corrected chi connectivity index (χ0v) is 10.1. The Bertz CT molecular complexity index is 643. The van der Waals surface area contributed by atoms with Gasteiger partial charge in [0.15, 0.2) is 11.6 Å². The van der Waals surface area contributed by atoms with Crippen molar-refractivity contribution in [3.8, 4) is 11.3 Å². The predicted octanol–water partition coefficient (Wildman–Crippen LogP) is 1.22. The van der Waals surface area contributed by atoms with Gasteiger partial charge in [-0.1, -0.05) is 0 Å². The Morgan fingerprint density at radius 2 is 1.90 bits per heavy atom. The smallest absolute Gasteiger partial charge is 0.269 e. The van der Waals surface area contributed by atoms with Crippen molar-refractivity contribution in [2.75, 3.05) is 13.2 Å². The van der Waals surface area contributed by atoms with Crippen LogP contribution in [0.4, 0.5) is 13.2 Å². The Morgan fingerprint density at radius 3 is 2.60 bits per heavy atom. The number of aromatic amines is 1. The average Bonchev–Trinajstić information content (AvgIpc) is 2.89. The quantitative estimate of drug-likeness (QED) is 0.739. The number of benzene rings is 1. The molecule has 0 saturated carbocycles. The van der Waals surface area contributed by atoms with Crippen LogP contribution in [0.5, 0.6) is 0 Å². The van der Waals surface area contributed by atoms with Crippen LogP contribution >= 0.6 is 0 Å². The van der Waals surface area contributed by atoms with Crippen LogP contribution in [0, 0.1) is 17.5 Å². The van der Waals surface area contributed by atoms with Crippen molar-refractivity contribution in [1.29, 1.82) is 0 Å². The molecule has 0 unspecified atom stereocenters. The van der Waals surface area contributed by atoms with Crippen molar-refractivity contribution in [1.82, 2.24) is 15.5 Å². The number of carbonyl (C=O) groups is 1. The zero-order valence-electron chi connectivity index (χ0n) is 10.1. The Labute approximate surface area is 111 Å². The van der Waals surface area contributed by atoms with Crippen LogP contribution in [0.15, 0.2) is 18.2 Å². The number of aliphatic hydroxyl groups excluding tert-OH is 1. The van der Waals surface area contributed by atoms with E-state index >= 15 is 0 Å². The summed E-state index contributed by atoms with van der Waals surface area (Å²) in [6.07, 6.45) is 0. The summed E-state index contributed by atoms with van der Waals surface area (Å²) in [4.78, 5) is 11.5. The first-order valence-electron chi connectivity index (χ1n) is 5.62. The average molecular weight is 285 g/mol. The summed E-state index contributed by atoms with van der Waals surface area (Å²) in [7, 11) is 0. The third-order valence-electron chi connectivity index (χ3n) is 2.51. The van der Waals surface area contributed by atoms with E-state index in [-0.39, 0.29) is 30.1 Å². The zero-order chi connectivity index (χ0) is 14.7. The fourth-order valence-corrected chi connectivity index (χ4v) is 1.56. The summed E-state index contributed by atoms with van der Waals surface area (Å²) >= 11 is 0. The topological polar surface area (TPSA) is 78.0 Å². The monoisotopic (exact) mass is 285 g/mol. The van der Waals surface area contributed by atoms with Gasteiger partial charge in [-0.05, 0) is 12.1 Å². The molecule has 0 atom stereocenters. The second-order valence-electron chi connectivity index (χ2n) is 3.89. The number of nitrogens with one attached hydrogen (secondary N) is 2. The molecule has 2 rings (SSSR count). The molecule has 20 heavy (non-hydrogen) atoms. The van der Waals surface area contributed by atoms with Gasteiger partial charge in [0.2, 0.25) is 0 Å². The third kappa shape index (κ3) is 2.80. The molecule has 0 saturated heterocycles. The van der Waals surface area contributed by atoms with Gasteiger partial charge in [0, 0.05) is 18.2 Å². The molecule has 1 heterocycles. The molecular formula is C12H10F3N3O2. The van der Waals surface area contributed by atoms with Gasteiger partial charge in [-0.3, -0.25) is 9.89 Å². The first-order chi connectivity index (χ1) is 9.52. The highest BCUT2D eigenvalue weighted by Gasteiger charge is 2.16. The minimum absolute atomic E-state index is 0.0117. The SMILES string of the molecule is O=C(NCCO)c1cc(-c2cc(F)c(F)cc2F)n[nH]1. The highest BCUT2D eigenvalue weighted by Crippen LogP contribution is 2.24. The second-order valence-corrected chi connectivity index (χ2v) is 3.89. The molecule has 2 aromatic rings. The van der Waals surface area contributed by atoms with Crippen molar-refractivity contribution in [3.05, 3.63) is 41.3 Å². The third-order valence-corrected chi connectivity index (χ3v) is 2.51. The van der Waals surface area contributed by atoms with Crippen LogP contribution in [-0.4, -0.2) is 34.4 Å². The molecule has 0 aliphatic carbocycles. The molecule has 0 fully saturated rings. The van der Waals surface area contributed by atoms with Crippen LogP contribution in [0.2, 0.25) is 0 Å². The van der Waals surface area contributed by atoms with Gasteiger partial charge in [0.1, 0.15) is 11.5 Å². The van der Waals surface area contributed by atoms with E-state index in [4.69, 9.17) is 5.11 Å². The van der Waals surface area contributed by atoms with Gasteiger partial charge in [0.25, 0.3) is 5.91 Å². The Morgan fingerprint density at radius 1 is 1.20 bits per heavy atom. The van der Waals surface area contributed by atoms with Gasteiger partial charge >= 0.3 is 0 Å². The summed E-state index contributed by atoms with van der Waals surface area (Å²) in [5.41, 5.74) is -0.283. The van der Waals surface area contributed by atoms with Crippen molar-refractivity contribution in [2.24, 2.45) is 0 Å². The summed E-state index contributed by atoms with van der Waals surface area (Å²) in [6.45, 7) is -0.183. The van der Waals surface area contributed by atoms with E-state index in [0.717, 1.165) is 0 Å². The van der Waals surface area contributed by atoms with Crippen LogP contribution in [-0.2, 0) is 0 Å². The van der Waals surface area contributed by atoms with E-state index in [0.29, 0.717) is 12.1 Å². The van der Waals surface area contributed by atoms with Crippen LogP contribution in [0.3, 0.4) is 0 Å². The maximum absolute atomic E-state index is 13.5. The van der Waals surface area contributed by atoms with Gasteiger partial charge < -0.3 is 10.4 Å². The van der Waals surface area contributed by atoms with Gasteiger partial charge in [-0.2, -0.15) is 5.10 Å². The largest absolute Gasteiger partial charge is 0.395 e. The second kappa shape index (κ2) is 5.74. The molecule has 0 aliphatic heterocycles. The minimum Gasteiger partial charge on any atom is -0.395 e. The van der Waals surface area contributed by atoms with Crippen molar-refractivity contribution in [2.45, 2.75) is 0 Å². The van der Waals surface area contributed by atoms with E-state index in [9.17, 15) is 18.0 Å². The Kier molecular flexibility index (Phi) is 4.04. The molecule has 1 aromatic heterocycles. The molecule has 1 aromatic carbocycles. The van der Waals surface area contributed by atoms with E-state index in [2.05, 4.69) is 15.5 Å². The predicted molar refractivity (Wildman–Crippen MR) is 63.3 cm³/mol. The number of hydrogen-bond donors (Lipinski definition) is 3. The number of rotatable bonds is 4. The van der Waals surface area contributed by atoms with Gasteiger partial charge in [-0.25, -0.2) is 13.2 Å². The van der Waals surface area contributed by atoms with Crippen LogP contribution in [0.25, 0.3) is 11.3 Å². The van der Waals surface area contributed by atoms with Crippen molar-refractivity contribution >= 4 is 5.91 Å². The standard InChI is InChI=1S/C12H10F3N3O2/c13-7-4-9(15)8(14)3-6(7)10-5-11(18-17-10)12(20)16-1-2-19/h3-5,19H,1-2H2,(H,16,20)(H,17,18). The highest BCUT2D eigenvalue weighted by atomic mass is 19.2. The van der Waals surface area contributed by atoms with E-state index in [1.165, 1.54) is 6.07 Å². The maximum Gasteiger partial charge on any atom is 0.269 e. The van der Waals surface area contributed by atoms with E-state index < -0.39 is 23.4 Å².